The van der Waals surface area contributed by atoms with Crippen molar-refractivity contribution >= 4 is 49.8 Å². The van der Waals surface area contributed by atoms with Crippen LogP contribution >= 0.6 is 0 Å². The van der Waals surface area contributed by atoms with Crippen LogP contribution in [0.25, 0.3) is 55.0 Å². The first kappa shape index (κ1) is 36.2. The fourth-order valence-corrected chi connectivity index (χ4v) is 10.8. The third-order valence-electron chi connectivity index (χ3n) is 13.5. The van der Waals surface area contributed by atoms with E-state index in [1.165, 1.54) is 44.2 Å². The van der Waals surface area contributed by atoms with Gasteiger partial charge in [0.2, 0.25) is 0 Å². The highest BCUT2D eigenvalue weighted by Gasteiger charge is 2.50. The highest BCUT2D eigenvalue weighted by atomic mass is 16.3. The molecule has 12 rings (SSSR count). The van der Waals surface area contributed by atoms with Gasteiger partial charge in [0.05, 0.1) is 11.1 Å². The van der Waals surface area contributed by atoms with Gasteiger partial charge in [-0.1, -0.05) is 183 Å². The second-order valence-corrected chi connectivity index (χ2v) is 16.8. The highest BCUT2D eigenvalue weighted by molar-refractivity contribution is 6.19. The van der Waals surface area contributed by atoms with Gasteiger partial charge in [0, 0.05) is 39.0 Å². The number of anilines is 3. The number of rotatable bonds is 7. The zero-order valence-electron chi connectivity index (χ0n) is 34.3. The van der Waals surface area contributed by atoms with E-state index in [2.05, 4.69) is 236 Å². The fraction of sp³-hybridized carbons (Fsp3) is 0.0667. The van der Waals surface area contributed by atoms with E-state index in [9.17, 15) is 0 Å². The molecule has 294 valence electrons. The minimum absolute atomic E-state index is 0.157. The Bertz CT molecular complexity index is 3340. The summed E-state index contributed by atoms with van der Waals surface area (Å²) in [6.07, 6.45) is 18.6. The van der Waals surface area contributed by atoms with E-state index in [0.29, 0.717) is 0 Å². The number of hydrogen-bond acceptors (Lipinski definition) is 2. The van der Waals surface area contributed by atoms with Crippen molar-refractivity contribution in [2.75, 3.05) is 4.90 Å². The van der Waals surface area contributed by atoms with Gasteiger partial charge in [-0.15, -0.1) is 0 Å². The van der Waals surface area contributed by atoms with Crippen molar-refractivity contribution in [3.8, 4) is 22.3 Å². The molecule has 3 aliphatic rings. The van der Waals surface area contributed by atoms with Crippen molar-refractivity contribution in [3.63, 3.8) is 0 Å². The molecular weight excluding hydrogens is 751 g/mol. The third-order valence-corrected chi connectivity index (χ3v) is 13.5. The molecule has 2 heteroatoms. The van der Waals surface area contributed by atoms with Crippen LogP contribution in [0, 0.1) is 5.92 Å². The predicted molar refractivity (Wildman–Crippen MR) is 260 cm³/mol. The number of hydrogen-bond donors (Lipinski definition) is 0. The number of benzene rings is 8. The van der Waals surface area contributed by atoms with Crippen LogP contribution in [-0.4, -0.2) is 0 Å². The van der Waals surface area contributed by atoms with E-state index in [0.717, 1.165) is 62.1 Å². The second kappa shape index (κ2) is 14.5. The van der Waals surface area contributed by atoms with Crippen LogP contribution in [0.2, 0.25) is 0 Å². The second-order valence-electron chi connectivity index (χ2n) is 16.8. The molecule has 1 aromatic heterocycles. The Morgan fingerprint density at radius 1 is 0.581 bits per heavy atom. The van der Waals surface area contributed by atoms with Gasteiger partial charge in [-0.3, -0.25) is 0 Å². The summed E-state index contributed by atoms with van der Waals surface area (Å²) in [4.78, 5) is 2.42. The largest absolute Gasteiger partial charge is 0.455 e. The van der Waals surface area contributed by atoms with Crippen LogP contribution in [0.4, 0.5) is 17.1 Å². The number of nitrogens with zero attached hydrogens (tertiary/aromatic N) is 1. The lowest BCUT2D eigenvalue weighted by atomic mass is 9.62. The molecule has 0 radical (unpaired) electrons. The van der Waals surface area contributed by atoms with Crippen LogP contribution in [-0.2, 0) is 5.41 Å². The Morgan fingerprint density at radius 2 is 1.29 bits per heavy atom. The molecule has 8 aromatic carbocycles. The molecular formula is C60H43NO. The van der Waals surface area contributed by atoms with Gasteiger partial charge in [0.25, 0.3) is 0 Å². The zero-order valence-corrected chi connectivity index (χ0v) is 34.3. The monoisotopic (exact) mass is 793 g/mol. The van der Waals surface area contributed by atoms with Gasteiger partial charge in [-0.25, -0.2) is 0 Å². The van der Waals surface area contributed by atoms with Gasteiger partial charge >= 0.3 is 0 Å². The molecule has 3 unspecified atom stereocenters. The van der Waals surface area contributed by atoms with E-state index < -0.39 is 5.41 Å². The maximum absolute atomic E-state index is 7.15. The molecule has 1 heterocycles. The molecule has 0 amide bonds. The van der Waals surface area contributed by atoms with Crippen LogP contribution in [0.1, 0.15) is 34.6 Å². The van der Waals surface area contributed by atoms with Gasteiger partial charge in [-0.2, -0.15) is 0 Å². The summed E-state index contributed by atoms with van der Waals surface area (Å²) in [6, 6.07) is 64.8. The topological polar surface area (TPSA) is 16.4 Å². The molecule has 0 bridgehead atoms. The molecule has 2 nitrogen and oxygen atoms in total. The lowest BCUT2D eigenvalue weighted by molar-refractivity contribution is 0.457. The number of fused-ring (bicyclic) bond motifs is 8. The summed E-state index contributed by atoms with van der Waals surface area (Å²) in [5.74, 6) is 0.345. The fourth-order valence-electron chi connectivity index (χ4n) is 10.8. The number of para-hydroxylation sites is 2. The smallest absolute Gasteiger partial charge is 0.144 e. The van der Waals surface area contributed by atoms with Gasteiger partial charge in [0.1, 0.15) is 11.2 Å². The highest BCUT2D eigenvalue weighted by Crippen LogP contribution is 2.61. The SMILES string of the molecule is C=C1C=CC=CC1c1ccc(N(c2ccccc2)c2cc(-c3cc4c(c5oc6ccccc6c35)-c3ccccc3C4(c3ccccc3)C3C=CC=CC3)cc3ccccc23)cc1. The van der Waals surface area contributed by atoms with E-state index in [1.807, 2.05) is 0 Å². The Balaban J connectivity index is 1.16. The summed E-state index contributed by atoms with van der Waals surface area (Å²) >= 11 is 0. The van der Waals surface area contributed by atoms with Crippen LogP contribution in [0.3, 0.4) is 0 Å². The van der Waals surface area contributed by atoms with Crippen molar-refractivity contribution in [1.29, 1.82) is 0 Å². The Hall–Kier alpha value is -7.68. The lowest BCUT2D eigenvalue weighted by Gasteiger charge is -2.40. The van der Waals surface area contributed by atoms with Crippen molar-refractivity contribution in [2.24, 2.45) is 5.92 Å². The minimum Gasteiger partial charge on any atom is -0.455 e. The maximum Gasteiger partial charge on any atom is 0.144 e. The van der Waals surface area contributed by atoms with E-state index in [-0.39, 0.29) is 11.8 Å². The van der Waals surface area contributed by atoms with Crippen molar-refractivity contribution in [1.82, 2.24) is 0 Å². The van der Waals surface area contributed by atoms with E-state index >= 15 is 0 Å². The molecule has 0 N–H and O–H groups in total. The Kier molecular flexibility index (Phi) is 8.47. The predicted octanol–water partition coefficient (Wildman–Crippen LogP) is 16.1. The summed E-state index contributed by atoms with van der Waals surface area (Å²) in [7, 11) is 0. The average Bonchev–Trinajstić information content (AvgIpc) is 3.87. The summed E-state index contributed by atoms with van der Waals surface area (Å²) in [5, 5.41) is 4.61. The standard InChI is InChI=1S/C60H43NO/c1-40-19-11-13-27-48(40)41-33-35-47(36-34-41)61(46-25-9-4-10-26-46)55-38-43(37-42-20-12-14-28-49(42)55)52-39-54-58(59-57(52)51-30-16-18-32-56(51)62-59)50-29-15-17-31-53(50)60(54,44-21-5-2-6-22-44)45-23-7-3-8-24-45/h2-23,25-39,45,48H,1,24H2. The van der Waals surface area contributed by atoms with Gasteiger partial charge in [0.15, 0.2) is 0 Å². The first-order valence-corrected chi connectivity index (χ1v) is 21.7. The molecule has 3 aliphatic carbocycles. The Labute approximate surface area is 362 Å². The lowest BCUT2D eigenvalue weighted by Crippen LogP contribution is -2.35. The number of furan rings is 1. The first-order chi connectivity index (χ1) is 30.7. The first-order valence-electron chi connectivity index (χ1n) is 21.7. The van der Waals surface area contributed by atoms with Crippen molar-refractivity contribution in [3.05, 3.63) is 259 Å². The molecule has 3 atom stereocenters. The molecule has 0 spiro atoms. The quantitative estimate of drug-likeness (QED) is 0.160. The van der Waals surface area contributed by atoms with Crippen molar-refractivity contribution in [2.45, 2.75) is 17.8 Å². The molecule has 0 saturated carbocycles. The summed E-state index contributed by atoms with van der Waals surface area (Å²) in [5.41, 5.74) is 15.6. The summed E-state index contributed by atoms with van der Waals surface area (Å²) < 4.78 is 7.15. The Morgan fingerprint density at radius 3 is 2.10 bits per heavy atom. The molecule has 0 fully saturated rings. The zero-order chi connectivity index (χ0) is 41.2. The molecule has 0 aliphatic heterocycles. The normalized spacial score (nSPS) is 18.7. The van der Waals surface area contributed by atoms with Gasteiger partial charge in [-0.05, 0) is 111 Å². The average molecular weight is 794 g/mol. The van der Waals surface area contributed by atoms with E-state index in [4.69, 9.17) is 4.42 Å². The molecule has 9 aromatic rings. The van der Waals surface area contributed by atoms with Crippen LogP contribution in [0.15, 0.2) is 241 Å². The summed E-state index contributed by atoms with van der Waals surface area (Å²) in [6.45, 7) is 4.36. The number of allylic oxidation sites excluding steroid dienone is 9. The minimum atomic E-state index is -0.456. The van der Waals surface area contributed by atoms with Crippen LogP contribution < -0.4 is 4.90 Å². The van der Waals surface area contributed by atoms with E-state index in [1.54, 1.807) is 0 Å². The molecule has 0 saturated heterocycles. The third kappa shape index (κ3) is 5.50. The van der Waals surface area contributed by atoms with Crippen LogP contribution in [0.5, 0.6) is 0 Å². The molecule has 62 heavy (non-hydrogen) atoms. The maximum atomic E-state index is 7.15. The van der Waals surface area contributed by atoms with Gasteiger partial charge < -0.3 is 9.32 Å². The van der Waals surface area contributed by atoms with Crippen molar-refractivity contribution < 1.29 is 4.42 Å².